The molecule has 308 valence electrons. The van der Waals surface area contributed by atoms with Crippen LogP contribution in [0.4, 0.5) is 0 Å². The Morgan fingerprint density at radius 2 is 1.47 bits per heavy atom. The Morgan fingerprint density at radius 3 is 2.10 bits per heavy atom. The summed E-state index contributed by atoms with van der Waals surface area (Å²) in [7, 11) is 0. The number of hydrogen-bond acceptors (Lipinski definition) is 8. The van der Waals surface area contributed by atoms with Crippen LogP contribution >= 0.6 is 0 Å². The number of aromatic hydroxyl groups is 1. The highest BCUT2D eigenvalue weighted by Gasteiger charge is 2.40. The van der Waals surface area contributed by atoms with Crippen molar-refractivity contribution in [3.8, 4) is 5.75 Å². The number of hydrogen-bond donors (Lipinski definition) is 8. The van der Waals surface area contributed by atoms with Gasteiger partial charge in [-0.05, 0) is 41.2 Å². The van der Waals surface area contributed by atoms with Gasteiger partial charge < -0.3 is 47.1 Å². The molecule has 1 aromatic heterocycles. The van der Waals surface area contributed by atoms with Gasteiger partial charge in [0.25, 0.3) is 5.91 Å². The number of aromatic amines is 1. The first-order valence-electron chi connectivity index (χ1n) is 19.5. The van der Waals surface area contributed by atoms with Gasteiger partial charge in [-0.15, -0.1) is 0 Å². The van der Waals surface area contributed by atoms with E-state index in [0.717, 1.165) is 0 Å². The molecule has 0 saturated heterocycles. The first-order chi connectivity index (χ1) is 27.7. The Labute approximate surface area is 337 Å². The number of H-pyrrole nitrogens is 1. The minimum atomic E-state index is -1.27. The zero-order valence-electron chi connectivity index (χ0n) is 33.2. The second-order valence-corrected chi connectivity index (χ2v) is 15.2. The Morgan fingerprint density at radius 1 is 0.828 bits per heavy atom. The number of carbonyl (C=O) groups is 6. The molecule has 5 amide bonds. The third-order valence-corrected chi connectivity index (χ3v) is 10.8. The standard InChI is InChI=1S/C43H53N7O8/c1-5-25(4)37(48-40(54)32(19-27-15-17-28(51)18-16-27)47-39(53)30(21-44)24(2)3)41(55)49-38-36-29-13-9-10-14-31(29)45-34(36)22-50(42(38)56)23-35(52)46-33(43(57)58)20-26-11-7-6-8-12-26/h6-18,24-25,30,32-33,37-38,45,51H,5,19-23,44H2,1-4H3,(H,46,52)(H,47,53)(H,48,54)(H,49,55)(H,57,58)/t25?,30-,32-,33-,37-,38?/m0/s1. The smallest absolute Gasteiger partial charge is 0.326 e. The largest absolute Gasteiger partial charge is 0.508 e. The first kappa shape index (κ1) is 42.9. The molecule has 58 heavy (non-hydrogen) atoms. The van der Waals surface area contributed by atoms with Crippen LogP contribution in [0.5, 0.6) is 5.75 Å². The molecule has 4 aromatic rings. The lowest BCUT2D eigenvalue weighted by Gasteiger charge is -2.34. The lowest BCUT2D eigenvalue weighted by atomic mass is 9.93. The number of phenolic OH excluding ortho intramolecular Hbond substituents is 1. The summed E-state index contributed by atoms with van der Waals surface area (Å²) in [6.45, 7) is 6.92. The second-order valence-electron chi connectivity index (χ2n) is 15.2. The number of nitrogens with one attached hydrogen (secondary N) is 5. The molecule has 15 nitrogen and oxygen atoms in total. The highest BCUT2D eigenvalue weighted by Crippen LogP contribution is 2.34. The number of aromatic nitrogens is 1. The van der Waals surface area contributed by atoms with Crippen LogP contribution in [0.3, 0.4) is 0 Å². The zero-order valence-corrected chi connectivity index (χ0v) is 33.2. The predicted molar refractivity (Wildman–Crippen MR) is 217 cm³/mol. The van der Waals surface area contributed by atoms with E-state index in [1.807, 2.05) is 39.0 Å². The van der Waals surface area contributed by atoms with E-state index in [4.69, 9.17) is 5.73 Å². The van der Waals surface area contributed by atoms with E-state index >= 15 is 0 Å². The Balaban J connectivity index is 1.40. The molecule has 0 radical (unpaired) electrons. The monoisotopic (exact) mass is 795 g/mol. The Kier molecular flexibility index (Phi) is 14.3. The molecule has 1 aliphatic heterocycles. The highest BCUT2D eigenvalue weighted by molar-refractivity contribution is 6.00. The molecule has 0 spiro atoms. The molecule has 5 rings (SSSR count). The molecule has 6 atom stereocenters. The van der Waals surface area contributed by atoms with E-state index in [2.05, 4.69) is 26.3 Å². The molecule has 0 bridgehead atoms. The molecule has 0 fully saturated rings. The van der Waals surface area contributed by atoms with E-state index in [1.165, 1.54) is 17.0 Å². The van der Waals surface area contributed by atoms with Gasteiger partial charge in [-0.2, -0.15) is 0 Å². The van der Waals surface area contributed by atoms with Crippen molar-refractivity contribution >= 4 is 46.4 Å². The molecule has 2 unspecified atom stereocenters. The van der Waals surface area contributed by atoms with Gasteiger partial charge in [0.1, 0.15) is 36.5 Å². The quantitative estimate of drug-likeness (QED) is 0.0738. The SMILES string of the molecule is CCC(C)[C@H](NC(=O)[C@H](Cc1ccc(O)cc1)NC(=O)[C@@H](CN)C(C)C)C(=O)NC1C(=O)N(CC(=O)N[C@@H](Cc2ccccc2)C(=O)O)Cc2[nH]c3ccccc3c21. The molecule has 15 heteroatoms. The van der Waals surface area contributed by atoms with E-state index in [-0.39, 0.29) is 37.6 Å². The lowest BCUT2D eigenvalue weighted by Crippen LogP contribution is -2.59. The third kappa shape index (κ3) is 10.4. The number of carboxylic acid groups (broad SMARTS) is 1. The second kappa shape index (κ2) is 19.3. The number of carbonyl (C=O) groups excluding carboxylic acids is 5. The van der Waals surface area contributed by atoms with Gasteiger partial charge in [0, 0.05) is 41.5 Å². The number of rotatable bonds is 18. The fourth-order valence-electron chi connectivity index (χ4n) is 7.21. The normalized spacial score (nSPS) is 16.4. The maximum Gasteiger partial charge on any atom is 0.326 e. The van der Waals surface area contributed by atoms with Crippen molar-refractivity contribution in [1.29, 1.82) is 0 Å². The Hall–Kier alpha value is -6.22. The highest BCUT2D eigenvalue weighted by atomic mass is 16.4. The van der Waals surface area contributed by atoms with E-state index in [0.29, 0.717) is 39.7 Å². The minimum absolute atomic E-state index is 0.0105. The molecule has 1 aliphatic rings. The third-order valence-electron chi connectivity index (χ3n) is 10.8. The number of phenols is 1. The summed E-state index contributed by atoms with van der Waals surface area (Å²) in [5, 5.41) is 31.5. The summed E-state index contributed by atoms with van der Waals surface area (Å²) in [5.74, 6) is -5.30. The fourth-order valence-corrected chi connectivity index (χ4v) is 7.21. The summed E-state index contributed by atoms with van der Waals surface area (Å²) in [6.07, 6.45) is 0.550. The molecule has 9 N–H and O–H groups in total. The lowest BCUT2D eigenvalue weighted by molar-refractivity contribution is -0.144. The number of fused-ring (bicyclic) bond motifs is 3. The first-order valence-corrected chi connectivity index (χ1v) is 19.5. The maximum atomic E-state index is 14.4. The van der Waals surface area contributed by atoms with Gasteiger partial charge in [0.2, 0.25) is 23.6 Å². The fraction of sp³-hybridized carbons (Fsp3) is 0.395. The zero-order chi connectivity index (χ0) is 42.1. The van der Waals surface area contributed by atoms with Crippen LogP contribution in [-0.4, -0.2) is 86.8 Å². The van der Waals surface area contributed by atoms with E-state index in [1.54, 1.807) is 55.5 Å². The van der Waals surface area contributed by atoms with Crippen LogP contribution in [0, 0.1) is 17.8 Å². The van der Waals surface area contributed by atoms with E-state index in [9.17, 15) is 39.0 Å². The van der Waals surface area contributed by atoms with Crippen LogP contribution in [0.1, 0.15) is 62.5 Å². The van der Waals surface area contributed by atoms with Crippen molar-refractivity contribution in [3.63, 3.8) is 0 Å². The van der Waals surface area contributed by atoms with Crippen molar-refractivity contribution in [1.82, 2.24) is 31.2 Å². The number of amides is 5. The summed E-state index contributed by atoms with van der Waals surface area (Å²) in [4.78, 5) is 86.2. The van der Waals surface area contributed by atoms with Crippen molar-refractivity contribution in [2.75, 3.05) is 13.1 Å². The van der Waals surface area contributed by atoms with Gasteiger partial charge in [0.05, 0.1) is 12.5 Å². The number of carboxylic acids is 1. The van der Waals surface area contributed by atoms with Crippen molar-refractivity contribution < 1.29 is 39.0 Å². The van der Waals surface area contributed by atoms with Crippen LogP contribution in [0.2, 0.25) is 0 Å². The number of aliphatic carboxylic acids is 1. The van der Waals surface area contributed by atoms with Gasteiger partial charge >= 0.3 is 5.97 Å². The van der Waals surface area contributed by atoms with Crippen LogP contribution in [-0.2, 0) is 48.2 Å². The van der Waals surface area contributed by atoms with E-state index < -0.39 is 78.1 Å². The summed E-state index contributed by atoms with van der Waals surface area (Å²) in [5.41, 5.74) is 9.08. The molecular formula is C43H53N7O8. The predicted octanol–water partition coefficient (Wildman–Crippen LogP) is 2.67. The van der Waals surface area contributed by atoms with Crippen molar-refractivity contribution in [2.45, 2.75) is 77.7 Å². The van der Waals surface area contributed by atoms with Gasteiger partial charge in [-0.3, -0.25) is 24.0 Å². The summed E-state index contributed by atoms with van der Waals surface area (Å²) < 4.78 is 0. The minimum Gasteiger partial charge on any atom is -0.508 e. The van der Waals surface area contributed by atoms with Crippen molar-refractivity contribution in [2.24, 2.45) is 23.5 Å². The topological polar surface area (TPSA) is 236 Å². The molecule has 2 heterocycles. The number of para-hydroxylation sites is 1. The Bertz CT molecular complexity index is 2100. The van der Waals surface area contributed by atoms with Gasteiger partial charge in [-0.25, -0.2) is 4.79 Å². The summed E-state index contributed by atoms with van der Waals surface area (Å²) >= 11 is 0. The summed E-state index contributed by atoms with van der Waals surface area (Å²) in [6, 6.07) is 17.5. The number of nitrogens with zero attached hydrogens (tertiary/aromatic N) is 1. The van der Waals surface area contributed by atoms with Crippen molar-refractivity contribution in [3.05, 3.63) is 101 Å². The average Bonchev–Trinajstić information content (AvgIpc) is 3.56. The van der Waals surface area contributed by atoms with Gasteiger partial charge in [-0.1, -0.05) is 94.8 Å². The molecular weight excluding hydrogens is 743 g/mol. The average molecular weight is 796 g/mol. The van der Waals surface area contributed by atoms with Gasteiger partial charge in [0.15, 0.2) is 0 Å². The molecule has 0 aliphatic carbocycles. The molecule has 0 saturated carbocycles. The number of nitrogens with two attached hydrogens (primary N) is 1. The molecule has 3 aromatic carbocycles. The maximum absolute atomic E-state index is 14.4. The number of benzene rings is 3. The van der Waals surface area contributed by atoms with Crippen LogP contribution < -0.4 is 27.0 Å². The van der Waals surface area contributed by atoms with Crippen LogP contribution in [0.15, 0.2) is 78.9 Å². The van der Waals surface area contributed by atoms with Crippen LogP contribution in [0.25, 0.3) is 10.9 Å².